The minimum absolute atomic E-state index is 0.00343. The van der Waals surface area contributed by atoms with E-state index in [0.717, 1.165) is 74.4 Å². The zero-order valence-electron chi connectivity index (χ0n) is 50.4. The van der Waals surface area contributed by atoms with Crippen LogP contribution in [-0.4, -0.2) is 90.1 Å². The van der Waals surface area contributed by atoms with Crippen LogP contribution in [0.5, 0.6) is 0 Å². The van der Waals surface area contributed by atoms with Gasteiger partial charge in [-0.1, -0.05) is 76.2 Å². The van der Waals surface area contributed by atoms with Crippen molar-refractivity contribution in [2.45, 2.75) is 104 Å². The Balaban J connectivity index is 0.000000171. The van der Waals surface area contributed by atoms with Gasteiger partial charge in [0.05, 0.1) is 57.0 Å². The van der Waals surface area contributed by atoms with Crippen LogP contribution < -0.4 is 16.1 Å². The molecule has 0 aliphatic heterocycles. The Morgan fingerprint density at radius 2 is 1.07 bits per heavy atom. The predicted octanol–water partition coefficient (Wildman–Crippen LogP) is 11.4. The second-order valence-corrected chi connectivity index (χ2v) is 24.6. The lowest BCUT2D eigenvalue weighted by molar-refractivity contribution is 0.425. The standard InChI is InChI=1S/C32H31FN8.C28H28BrFN6.C4H5BN2O2/c1-32(2,3)18-38-30-22(13-34)16-37-31-27(23-14-35-19-36-15-23)11-20(12-28(30)31)10-26(21-4-6-24(33)7-5-21)29-17-41(40-39-29)25-8-9-25;1-28(2,3)16-33-26-19(13-31)14-32-27-23(26)11-17(12-24(27)29)10-22(18-4-6-20(30)7-5-18)25-15-36(35-34-25)21-8-9-21;8-5(9)4-1-6-3-7-2-4/h4-7,11-12,14-17,19,25-26H,8-10,18H2,1-3H3,(H,37,38);4-7,11-12,14-15,21-22H,8-10,16H2,1-3H3,(H,32,33);1-3,8-9H/t26-;22-;/m11./s1/i26D;22D;. The van der Waals surface area contributed by atoms with Crippen LogP contribution in [0.3, 0.4) is 0 Å². The molecule has 4 N–H and O–H groups in total. The molecule has 2 aliphatic rings. The summed E-state index contributed by atoms with van der Waals surface area (Å²) in [6, 6.07) is 25.1. The summed E-state index contributed by atoms with van der Waals surface area (Å²) in [5.74, 6) is -3.39. The fraction of sp³-hybridized carbons (Fsp3) is 0.312. The van der Waals surface area contributed by atoms with E-state index in [1.165, 1.54) is 49.3 Å². The van der Waals surface area contributed by atoms with Gasteiger partial charge in [0, 0.05) is 109 Å². The summed E-state index contributed by atoms with van der Waals surface area (Å²) in [6.07, 6.45) is 20.5. The van der Waals surface area contributed by atoms with Crippen LogP contribution in [0.15, 0.2) is 139 Å². The highest BCUT2D eigenvalue weighted by Crippen LogP contribution is 2.41. The third-order valence-electron chi connectivity index (χ3n) is 14.2. The molecule has 4 aromatic carbocycles. The second kappa shape index (κ2) is 26.1. The van der Waals surface area contributed by atoms with Crippen molar-refractivity contribution in [1.29, 1.82) is 10.5 Å². The summed E-state index contributed by atoms with van der Waals surface area (Å²) in [5.41, 5.74) is 9.46. The lowest BCUT2D eigenvalue weighted by Gasteiger charge is -2.22. The summed E-state index contributed by atoms with van der Waals surface area (Å²) < 4.78 is 51.6. The summed E-state index contributed by atoms with van der Waals surface area (Å²) in [4.78, 5) is 24.8. The van der Waals surface area contributed by atoms with Gasteiger partial charge >= 0.3 is 7.12 Å². The summed E-state index contributed by atoms with van der Waals surface area (Å²) in [6.45, 7) is 14.1. The zero-order chi connectivity index (χ0) is 62.5. The minimum Gasteiger partial charge on any atom is -0.423 e. The van der Waals surface area contributed by atoms with E-state index in [2.05, 4.69) is 126 Å². The maximum Gasteiger partial charge on any atom is 0.491 e. The SMILES string of the molecule is OB(O)c1cncnc1.[2H][C@@](Cc1cc(-c2cncnc2)c2ncc(C#N)c(NCC(C)(C)C)c2c1)(c1ccc(F)cc1)c1cn(C2CC2)nn1.[2H][C@@](Cc1cc(Br)c2ncc(C#N)c(NCC(C)(C)C)c2c1)(c1ccc(F)cc1)c1cn(C2CC2)nn1. The van der Waals surface area contributed by atoms with Crippen molar-refractivity contribution in [3.05, 3.63) is 196 Å². The first-order chi connectivity index (χ1) is 42.0. The van der Waals surface area contributed by atoms with Crippen LogP contribution in [0.4, 0.5) is 20.2 Å². The van der Waals surface area contributed by atoms with Crippen molar-refractivity contribution >= 4 is 61.7 Å². The molecule has 12 rings (SSSR count). The van der Waals surface area contributed by atoms with Gasteiger partial charge in [-0.2, -0.15) is 10.5 Å². The Morgan fingerprint density at radius 1 is 0.640 bits per heavy atom. The van der Waals surface area contributed by atoms with E-state index in [-0.39, 0.29) is 35.3 Å². The van der Waals surface area contributed by atoms with E-state index < -0.39 is 18.9 Å². The highest BCUT2D eigenvalue weighted by Gasteiger charge is 2.30. The molecule has 10 aromatic rings. The lowest BCUT2D eigenvalue weighted by Crippen LogP contribution is -2.30. The van der Waals surface area contributed by atoms with E-state index >= 15 is 0 Å². The normalized spacial score (nSPS) is 14.8. The van der Waals surface area contributed by atoms with Crippen molar-refractivity contribution in [3.63, 3.8) is 0 Å². The van der Waals surface area contributed by atoms with Gasteiger partial charge in [0.2, 0.25) is 0 Å². The number of aromatic nitrogens is 12. The number of hydrogen-bond acceptors (Lipinski definition) is 16. The van der Waals surface area contributed by atoms with Crippen molar-refractivity contribution < 1.29 is 21.6 Å². The van der Waals surface area contributed by atoms with E-state index in [0.29, 0.717) is 75.5 Å². The van der Waals surface area contributed by atoms with Crippen LogP contribution in [0.25, 0.3) is 32.9 Å². The number of benzene rings is 4. The highest BCUT2D eigenvalue weighted by atomic mass is 79.9. The molecule has 0 bridgehead atoms. The number of nitriles is 2. The Morgan fingerprint density at radius 3 is 1.49 bits per heavy atom. The van der Waals surface area contributed by atoms with Gasteiger partial charge in [-0.15, -0.1) is 10.2 Å². The number of anilines is 2. The molecule has 436 valence electrons. The molecular formula is C64H64BBrF2N16O2. The average molecular weight is 1220 g/mol. The van der Waals surface area contributed by atoms with E-state index in [9.17, 15) is 22.0 Å². The molecule has 6 heterocycles. The number of halogens is 3. The fourth-order valence-corrected chi connectivity index (χ4v) is 10.1. The number of nitrogens with zero attached hydrogens (tertiary/aromatic N) is 14. The van der Waals surface area contributed by atoms with E-state index in [4.69, 9.17) is 15.0 Å². The van der Waals surface area contributed by atoms with Crippen molar-refractivity contribution in [2.24, 2.45) is 10.8 Å². The molecule has 18 nitrogen and oxygen atoms in total. The number of pyridine rings is 2. The van der Waals surface area contributed by atoms with Crippen LogP contribution in [0, 0.1) is 45.1 Å². The molecule has 22 heteroatoms. The fourth-order valence-electron chi connectivity index (χ4n) is 9.50. The lowest BCUT2D eigenvalue weighted by atomic mass is 9.83. The minimum atomic E-state index is -1.47. The van der Waals surface area contributed by atoms with E-state index in [1.54, 1.807) is 49.1 Å². The number of hydrogen-bond donors (Lipinski definition) is 4. The molecule has 2 saturated carbocycles. The molecule has 0 saturated heterocycles. The molecule has 0 radical (unpaired) electrons. The molecular weight excluding hydrogens is 1150 g/mol. The molecule has 2 aliphatic carbocycles. The highest BCUT2D eigenvalue weighted by molar-refractivity contribution is 9.10. The first-order valence-corrected chi connectivity index (χ1v) is 28.9. The number of rotatable bonds is 16. The zero-order valence-corrected chi connectivity index (χ0v) is 50.0. The Kier molecular flexibility index (Phi) is 17.5. The average Bonchev–Trinajstić information content (AvgIpc) is 1.65. The van der Waals surface area contributed by atoms with Gasteiger partial charge in [0.25, 0.3) is 0 Å². The molecule has 6 aromatic heterocycles. The van der Waals surface area contributed by atoms with Crippen molar-refractivity contribution in [1.82, 2.24) is 59.9 Å². The first-order valence-electron chi connectivity index (χ1n) is 29.1. The Hall–Kier alpha value is -8.96. The molecule has 2 fully saturated rings. The van der Waals surface area contributed by atoms with Gasteiger partial charge in [-0.3, -0.25) is 9.97 Å². The molecule has 0 amide bonds. The van der Waals surface area contributed by atoms with E-state index in [1.807, 2.05) is 46.0 Å². The third kappa shape index (κ3) is 15.1. The topological polar surface area (TPSA) is 251 Å². The first kappa shape index (κ1) is 57.5. The predicted molar refractivity (Wildman–Crippen MR) is 330 cm³/mol. The van der Waals surface area contributed by atoms with Crippen LogP contribution >= 0.6 is 15.9 Å². The number of nitrogens with one attached hydrogen (secondary N) is 2. The summed E-state index contributed by atoms with van der Waals surface area (Å²) in [7, 11) is -1.47. The van der Waals surface area contributed by atoms with Gasteiger partial charge in [-0.05, 0) is 136 Å². The maximum atomic E-state index is 14.0. The Bertz CT molecular complexity index is 4190. The van der Waals surface area contributed by atoms with Crippen LogP contribution in [0.1, 0.15) is 139 Å². The molecule has 0 unspecified atom stereocenters. The van der Waals surface area contributed by atoms with Crippen molar-refractivity contribution in [3.8, 4) is 23.3 Å². The largest absolute Gasteiger partial charge is 0.491 e. The van der Waals surface area contributed by atoms with Gasteiger partial charge in [0.1, 0.15) is 36.4 Å². The van der Waals surface area contributed by atoms with Gasteiger partial charge in [0.15, 0.2) is 0 Å². The monoisotopic (exact) mass is 1220 g/mol. The Labute approximate surface area is 509 Å². The summed E-state index contributed by atoms with van der Waals surface area (Å²) >= 11 is 3.66. The summed E-state index contributed by atoms with van der Waals surface area (Å²) in [5, 5.41) is 62.7. The van der Waals surface area contributed by atoms with Crippen molar-refractivity contribution in [2.75, 3.05) is 23.7 Å². The van der Waals surface area contributed by atoms with Gasteiger partial charge < -0.3 is 20.7 Å². The van der Waals surface area contributed by atoms with Crippen LogP contribution in [-0.2, 0) is 12.8 Å². The second-order valence-electron chi connectivity index (χ2n) is 23.8. The molecule has 86 heavy (non-hydrogen) atoms. The van der Waals surface area contributed by atoms with Crippen LogP contribution in [0.2, 0.25) is 0 Å². The molecule has 0 spiro atoms. The maximum absolute atomic E-state index is 14.0. The number of fused-ring (bicyclic) bond motifs is 2. The van der Waals surface area contributed by atoms with Gasteiger partial charge in [-0.25, -0.2) is 38.1 Å². The molecule has 2 atom stereocenters. The quantitative estimate of drug-likeness (QED) is 0.0656. The third-order valence-corrected chi connectivity index (χ3v) is 14.8. The smallest absolute Gasteiger partial charge is 0.423 e.